The van der Waals surface area contributed by atoms with Crippen LogP contribution in [-0.4, -0.2) is 38.7 Å². The van der Waals surface area contributed by atoms with Crippen LogP contribution in [0.4, 0.5) is 0 Å². The highest BCUT2D eigenvalue weighted by molar-refractivity contribution is 5.36. The summed E-state index contributed by atoms with van der Waals surface area (Å²) >= 11 is 0. The maximum absolute atomic E-state index is 5.48. The Kier molecular flexibility index (Phi) is 5.67. The fraction of sp³-hybridized carbons (Fsp3) is 0.625. The van der Waals surface area contributed by atoms with Crippen LogP contribution in [-0.2, 0) is 0 Å². The second kappa shape index (κ2) is 7.51. The smallest absolute Gasteiger partial charge is 0.123 e. The van der Waals surface area contributed by atoms with Gasteiger partial charge in [0, 0.05) is 18.2 Å². The van der Waals surface area contributed by atoms with E-state index in [2.05, 4.69) is 22.3 Å². The lowest BCUT2D eigenvalue weighted by Crippen LogP contribution is -2.34. The third-order valence-electron chi connectivity index (χ3n) is 4.00. The predicted molar refractivity (Wildman–Crippen MR) is 79.7 cm³/mol. The maximum atomic E-state index is 5.48. The molecule has 3 heteroatoms. The highest BCUT2D eigenvalue weighted by atomic mass is 16.5. The summed E-state index contributed by atoms with van der Waals surface area (Å²) in [6.45, 7) is 3.53. The molecular weight excluding hydrogens is 236 g/mol. The van der Waals surface area contributed by atoms with Crippen LogP contribution >= 0.6 is 0 Å². The van der Waals surface area contributed by atoms with Crippen LogP contribution in [0.5, 0.6) is 5.75 Å². The summed E-state index contributed by atoms with van der Waals surface area (Å²) in [5.74, 6) is 0.983. The highest BCUT2D eigenvalue weighted by Crippen LogP contribution is 2.25. The van der Waals surface area contributed by atoms with E-state index in [1.54, 1.807) is 7.11 Å². The van der Waals surface area contributed by atoms with E-state index in [1.807, 2.05) is 19.2 Å². The molecule has 1 heterocycles. The molecule has 1 fully saturated rings. The van der Waals surface area contributed by atoms with Crippen molar-refractivity contribution in [3.05, 3.63) is 29.8 Å². The number of para-hydroxylation sites is 1. The largest absolute Gasteiger partial charge is 0.496 e. The quantitative estimate of drug-likeness (QED) is 0.883. The molecule has 2 rings (SSSR count). The summed E-state index contributed by atoms with van der Waals surface area (Å²) < 4.78 is 5.48. The summed E-state index contributed by atoms with van der Waals surface area (Å²) in [6, 6.07) is 8.67. The lowest BCUT2D eigenvalue weighted by atomic mass is 10.1. The molecule has 19 heavy (non-hydrogen) atoms. The molecule has 106 valence electrons. The van der Waals surface area contributed by atoms with Crippen molar-refractivity contribution >= 4 is 0 Å². The SMILES string of the molecule is CNC(CN1CCCCCC1)c1ccccc1OC. The van der Waals surface area contributed by atoms with E-state index in [0.29, 0.717) is 6.04 Å². The molecule has 1 saturated heterocycles. The van der Waals surface area contributed by atoms with Gasteiger partial charge in [0.2, 0.25) is 0 Å². The number of ether oxygens (including phenoxy) is 1. The number of nitrogens with one attached hydrogen (secondary N) is 1. The highest BCUT2D eigenvalue weighted by Gasteiger charge is 2.18. The van der Waals surface area contributed by atoms with Crippen LogP contribution in [0.25, 0.3) is 0 Å². The van der Waals surface area contributed by atoms with Crippen LogP contribution in [0.15, 0.2) is 24.3 Å². The third kappa shape index (κ3) is 3.95. The lowest BCUT2D eigenvalue weighted by Gasteiger charge is -2.27. The zero-order chi connectivity index (χ0) is 13.5. The molecule has 0 aliphatic carbocycles. The van der Waals surface area contributed by atoms with Crippen LogP contribution in [0.3, 0.4) is 0 Å². The second-order valence-electron chi connectivity index (χ2n) is 5.30. The average Bonchev–Trinajstić information content (AvgIpc) is 2.73. The Hall–Kier alpha value is -1.06. The van der Waals surface area contributed by atoms with Crippen molar-refractivity contribution in [2.45, 2.75) is 31.7 Å². The average molecular weight is 262 g/mol. The summed E-state index contributed by atoms with van der Waals surface area (Å²) in [5, 5.41) is 3.44. The fourth-order valence-electron chi connectivity index (χ4n) is 2.88. The van der Waals surface area contributed by atoms with Gasteiger partial charge in [0.05, 0.1) is 7.11 Å². The second-order valence-corrected chi connectivity index (χ2v) is 5.30. The Balaban J connectivity index is 2.06. The lowest BCUT2D eigenvalue weighted by molar-refractivity contribution is 0.253. The van der Waals surface area contributed by atoms with Crippen molar-refractivity contribution < 1.29 is 4.74 Å². The van der Waals surface area contributed by atoms with Gasteiger partial charge in [0.25, 0.3) is 0 Å². The van der Waals surface area contributed by atoms with Crippen LogP contribution in [0.1, 0.15) is 37.3 Å². The molecule has 3 nitrogen and oxygen atoms in total. The van der Waals surface area contributed by atoms with E-state index in [-0.39, 0.29) is 0 Å². The van der Waals surface area contributed by atoms with Crippen molar-refractivity contribution in [3.63, 3.8) is 0 Å². The van der Waals surface area contributed by atoms with Crippen LogP contribution in [0.2, 0.25) is 0 Å². The van der Waals surface area contributed by atoms with Gasteiger partial charge in [0.1, 0.15) is 5.75 Å². The van der Waals surface area contributed by atoms with Gasteiger partial charge in [-0.15, -0.1) is 0 Å². The number of methoxy groups -OCH3 is 1. The number of likely N-dealkylation sites (tertiary alicyclic amines) is 1. The number of likely N-dealkylation sites (N-methyl/N-ethyl adjacent to an activating group) is 1. The zero-order valence-corrected chi connectivity index (χ0v) is 12.2. The summed E-state index contributed by atoms with van der Waals surface area (Å²) in [7, 11) is 3.78. The summed E-state index contributed by atoms with van der Waals surface area (Å²) in [6.07, 6.45) is 5.44. The molecular formula is C16H26N2O. The monoisotopic (exact) mass is 262 g/mol. The zero-order valence-electron chi connectivity index (χ0n) is 12.2. The minimum Gasteiger partial charge on any atom is -0.496 e. The van der Waals surface area contributed by atoms with Crippen molar-refractivity contribution in [1.82, 2.24) is 10.2 Å². The van der Waals surface area contributed by atoms with Gasteiger partial charge in [-0.1, -0.05) is 31.0 Å². The Bertz CT molecular complexity index is 373. The van der Waals surface area contributed by atoms with E-state index < -0.39 is 0 Å². The molecule has 1 unspecified atom stereocenters. The predicted octanol–water partition coefficient (Wildman–Crippen LogP) is 2.83. The van der Waals surface area contributed by atoms with Gasteiger partial charge in [0.15, 0.2) is 0 Å². The van der Waals surface area contributed by atoms with Crippen molar-refractivity contribution in [3.8, 4) is 5.75 Å². The minimum atomic E-state index is 0.342. The maximum Gasteiger partial charge on any atom is 0.123 e. The molecule has 0 radical (unpaired) electrons. The molecule has 0 spiro atoms. The first-order chi connectivity index (χ1) is 9.35. The van der Waals surface area contributed by atoms with Gasteiger partial charge >= 0.3 is 0 Å². The van der Waals surface area contributed by atoms with Crippen molar-refractivity contribution in [2.75, 3.05) is 33.8 Å². The molecule has 0 bridgehead atoms. The van der Waals surface area contributed by atoms with Gasteiger partial charge in [-0.05, 0) is 39.0 Å². The first-order valence-corrected chi connectivity index (χ1v) is 7.37. The van der Waals surface area contributed by atoms with Crippen LogP contribution < -0.4 is 10.1 Å². The van der Waals surface area contributed by atoms with Gasteiger partial charge in [-0.25, -0.2) is 0 Å². The van der Waals surface area contributed by atoms with Crippen molar-refractivity contribution in [1.29, 1.82) is 0 Å². The van der Waals surface area contributed by atoms with E-state index in [1.165, 1.54) is 44.3 Å². The van der Waals surface area contributed by atoms with E-state index >= 15 is 0 Å². The molecule has 1 aromatic rings. The first-order valence-electron chi connectivity index (χ1n) is 7.37. The third-order valence-corrected chi connectivity index (χ3v) is 4.00. The number of rotatable bonds is 5. The normalized spacial score (nSPS) is 18.8. The Labute approximate surface area is 116 Å². The summed E-state index contributed by atoms with van der Waals surface area (Å²) in [5.41, 5.74) is 1.26. The molecule has 1 N–H and O–H groups in total. The van der Waals surface area contributed by atoms with Gasteiger partial charge in [-0.3, -0.25) is 0 Å². The molecule has 1 atom stereocenters. The molecule has 0 aromatic heterocycles. The molecule has 0 saturated carbocycles. The minimum absolute atomic E-state index is 0.342. The van der Waals surface area contributed by atoms with Crippen LogP contribution in [0, 0.1) is 0 Å². The number of nitrogens with zero attached hydrogens (tertiary/aromatic N) is 1. The number of benzene rings is 1. The van der Waals surface area contributed by atoms with Gasteiger partial charge in [-0.2, -0.15) is 0 Å². The van der Waals surface area contributed by atoms with Crippen molar-refractivity contribution in [2.24, 2.45) is 0 Å². The molecule has 0 amide bonds. The molecule has 1 aromatic carbocycles. The first kappa shape index (κ1) is 14.4. The number of hydrogen-bond acceptors (Lipinski definition) is 3. The Morgan fingerprint density at radius 3 is 2.47 bits per heavy atom. The van der Waals surface area contributed by atoms with E-state index in [4.69, 9.17) is 4.74 Å². The topological polar surface area (TPSA) is 24.5 Å². The van der Waals surface area contributed by atoms with E-state index in [0.717, 1.165) is 12.3 Å². The standard InChI is InChI=1S/C16H26N2O/c1-17-15(13-18-11-7-3-4-8-12-18)14-9-5-6-10-16(14)19-2/h5-6,9-10,15,17H,3-4,7-8,11-13H2,1-2H3. The van der Waals surface area contributed by atoms with Gasteiger partial charge < -0.3 is 15.0 Å². The molecule has 1 aliphatic heterocycles. The Morgan fingerprint density at radius 2 is 1.84 bits per heavy atom. The number of hydrogen-bond donors (Lipinski definition) is 1. The summed E-state index contributed by atoms with van der Waals surface area (Å²) in [4.78, 5) is 2.58. The van der Waals surface area contributed by atoms with E-state index in [9.17, 15) is 0 Å². The molecule has 1 aliphatic rings. The fourth-order valence-corrected chi connectivity index (χ4v) is 2.88. The Morgan fingerprint density at radius 1 is 1.16 bits per heavy atom.